The van der Waals surface area contributed by atoms with E-state index in [4.69, 9.17) is 14.2 Å². The number of methoxy groups -OCH3 is 2. The highest BCUT2D eigenvalue weighted by Gasteiger charge is 2.14. The van der Waals surface area contributed by atoms with Crippen molar-refractivity contribution in [2.75, 3.05) is 26.1 Å². The van der Waals surface area contributed by atoms with Crippen LogP contribution in [0.1, 0.15) is 10.4 Å². The highest BCUT2D eigenvalue weighted by atomic mass is 32.1. The molecule has 1 heterocycles. The monoisotopic (exact) mass is 398 g/mol. The lowest BCUT2D eigenvalue weighted by molar-refractivity contribution is -0.119. The van der Waals surface area contributed by atoms with Crippen molar-refractivity contribution in [2.45, 2.75) is 0 Å². The Labute approximate surface area is 165 Å². The second-order valence-electron chi connectivity index (χ2n) is 5.59. The third-order valence-electron chi connectivity index (χ3n) is 3.78. The van der Waals surface area contributed by atoms with Crippen LogP contribution >= 0.6 is 11.3 Å². The smallest absolute Gasteiger partial charge is 0.338 e. The van der Waals surface area contributed by atoms with Gasteiger partial charge in [0.15, 0.2) is 11.7 Å². The molecule has 0 atom stereocenters. The van der Waals surface area contributed by atoms with E-state index in [0.717, 1.165) is 5.56 Å². The fraction of sp³-hybridized carbons (Fsp3) is 0.150. The Morgan fingerprint density at radius 2 is 1.86 bits per heavy atom. The quantitative estimate of drug-likeness (QED) is 0.612. The fourth-order valence-electron chi connectivity index (χ4n) is 2.41. The maximum Gasteiger partial charge on any atom is 0.338 e. The molecule has 8 heteroatoms. The van der Waals surface area contributed by atoms with Crippen molar-refractivity contribution in [3.63, 3.8) is 0 Å². The van der Waals surface area contributed by atoms with Crippen LogP contribution in [0, 0.1) is 0 Å². The summed E-state index contributed by atoms with van der Waals surface area (Å²) in [6, 6.07) is 13.9. The SMILES string of the molecule is COc1ccc(OC)c(-c2csc(NC(=O)COC(=O)c3ccccc3)n2)c1. The zero-order chi connectivity index (χ0) is 19.9. The molecule has 3 rings (SSSR count). The van der Waals surface area contributed by atoms with E-state index >= 15 is 0 Å². The van der Waals surface area contributed by atoms with Crippen molar-refractivity contribution in [1.29, 1.82) is 0 Å². The Morgan fingerprint density at radius 1 is 1.07 bits per heavy atom. The van der Waals surface area contributed by atoms with Crippen LogP contribution in [0.3, 0.4) is 0 Å². The number of aromatic nitrogens is 1. The summed E-state index contributed by atoms with van der Waals surface area (Å²) >= 11 is 1.26. The molecule has 3 aromatic rings. The van der Waals surface area contributed by atoms with E-state index in [0.29, 0.717) is 27.9 Å². The summed E-state index contributed by atoms with van der Waals surface area (Å²) in [5.41, 5.74) is 1.77. The third-order valence-corrected chi connectivity index (χ3v) is 4.53. The highest BCUT2D eigenvalue weighted by molar-refractivity contribution is 7.14. The van der Waals surface area contributed by atoms with Crippen LogP contribution in [0.15, 0.2) is 53.9 Å². The maximum atomic E-state index is 12.1. The van der Waals surface area contributed by atoms with E-state index in [2.05, 4.69) is 10.3 Å². The predicted molar refractivity (Wildman–Crippen MR) is 106 cm³/mol. The van der Waals surface area contributed by atoms with Gasteiger partial charge in [-0.1, -0.05) is 18.2 Å². The van der Waals surface area contributed by atoms with Gasteiger partial charge in [0.1, 0.15) is 11.5 Å². The van der Waals surface area contributed by atoms with Gasteiger partial charge in [0.2, 0.25) is 0 Å². The van der Waals surface area contributed by atoms with E-state index in [9.17, 15) is 9.59 Å². The first-order valence-corrected chi connectivity index (χ1v) is 9.18. The number of nitrogens with zero attached hydrogens (tertiary/aromatic N) is 1. The van der Waals surface area contributed by atoms with Crippen molar-refractivity contribution in [2.24, 2.45) is 0 Å². The second kappa shape index (κ2) is 9.01. The second-order valence-corrected chi connectivity index (χ2v) is 6.45. The standard InChI is InChI=1S/C20H18N2O5S/c1-25-14-8-9-17(26-2)15(10-14)16-12-28-20(21-16)22-18(23)11-27-19(24)13-6-4-3-5-7-13/h3-10,12H,11H2,1-2H3,(H,21,22,23). The first-order chi connectivity index (χ1) is 13.6. The topological polar surface area (TPSA) is 86.8 Å². The third kappa shape index (κ3) is 4.66. The molecule has 0 aliphatic carbocycles. The van der Waals surface area contributed by atoms with E-state index < -0.39 is 18.5 Å². The van der Waals surface area contributed by atoms with Gasteiger partial charge in [0.25, 0.3) is 5.91 Å². The number of hydrogen-bond donors (Lipinski definition) is 1. The van der Waals surface area contributed by atoms with E-state index in [-0.39, 0.29) is 0 Å². The molecule has 0 bridgehead atoms. The van der Waals surface area contributed by atoms with Gasteiger partial charge in [-0.05, 0) is 30.3 Å². The summed E-state index contributed by atoms with van der Waals surface area (Å²) in [5, 5.41) is 4.81. The molecule has 0 fully saturated rings. The molecule has 1 amide bonds. The van der Waals surface area contributed by atoms with Gasteiger partial charge in [-0.2, -0.15) is 0 Å². The number of carbonyl (C=O) groups excluding carboxylic acids is 2. The number of ether oxygens (including phenoxy) is 3. The normalized spacial score (nSPS) is 10.2. The number of esters is 1. The molecule has 0 unspecified atom stereocenters. The predicted octanol–water partition coefficient (Wildman–Crippen LogP) is 3.62. The van der Waals surface area contributed by atoms with Gasteiger partial charge >= 0.3 is 5.97 Å². The molecule has 0 radical (unpaired) electrons. The average molecular weight is 398 g/mol. The van der Waals surface area contributed by atoms with Gasteiger partial charge in [0.05, 0.1) is 25.5 Å². The molecular weight excluding hydrogens is 380 g/mol. The lowest BCUT2D eigenvalue weighted by Gasteiger charge is -2.08. The van der Waals surface area contributed by atoms with E-state index in [1.54, 1.807) is 68.1 Å². The van der Waals surface area contributed by atoms with Crippen LogP contribution in [0.5, 0.6) is 11.5 Å². The van der Waals surface area contributed by atoms with Gasteiger partial charge in [-0.3, -0.25) is 10.1 Å². The lowest BCUT2D eigenvalue weighted by Crippen LogP contribution is -2.20. The van der Waals surface area contributed by atoms with Crippen LogP contribution in [-0.4, -0.2) is 37.7 Å². The number of carbonyl (C=O) groups is 2. The van der Waals surface area contributed by atoms with Crippen LogP contribution in [0.2, 0.25) is 0 Å². The molecule has 0 saturated carbocycles. The Balaban J connectivity index is 1.63. The zero-order valence-corrected chi connectivity index (χ0v) is 16.1. The Kier molecular flexibility index (Phi) is 6.23. The van der Waals surface area contributed by atoms with Crippen molar-refractivity contribution in [3.05, 3.63) is 59.5 Å². The summed E-state index contributed by atoms with van der Waals surface area (Å²) in [6.07, 6.45) is 0. The number of thiazole rings is 1. The van der Waals surface area contributed by atoms with E-state index in [1.807, 2.05) is 0 Å². The van der Waals surface area contributed by atoms with Gasteiger partial charge < -0.3 is 14.2 Å². The number of anilines is 1. The summed E-state index contributed by atoms with van der Waals surface area (Å²) in [5.74, 6) is 0.280. The molecule has 0 saturated heterocycles. The number of benzene rings is 2. The minimum atomic E-state index is -0.559. The highest BCUT2D eigenvalue weighted by Crippen LogP contribution is 2.34. The van der Waals surface area contributed by atoms with Gasteiger partial charge in [-0.15, -0.1) is 11.3 Å². The maximum absolute atomic E-state index is 12.1. The molecular formula is C20H18N2O5S. The van der Waals surface area contributed by atoms with E-state index in [1.165, 1.54) is 11.3 Å². The summed E-state index contributed by atoms with van der Waals surface area (Å²) in [4.78, 5) is 28.3. The molecule has 0 aliphatic rings. The van der Waals surface area contributed by atoms with Crippen LogP contribution in [0.4, 0.5) is 5.13 Å². The summed E-state index contributed by atoms with van der Waals surface area (Å²) < 4.78 is 15.6. The number of nitrogens with one attached hydrogen (secondary N) is 1. The summed E-state index contributed by atoms with van der Waals surface area (Å²) in [6.45, 7) is -0.398. The Morgan fingerprint density at radius 3 is 2.57 bits per heavy atom. The van der Waals surface area contributed by atoms with Crippen molar-refractivity contribution >= 4 is 28.3 Å². The molecule has 7 nitrogen and oxygen atoms in total. The van der Waals surface area contributed by atoms with Crippen LogP contribution in [-0.2, 0) is 9.53 Å². The largest absolute Gasteiger partial charge is 0.497 e. The van der Waals surface area contributed by atoms with Crippen molar-refractivity contribution < 1.29 is 23.8 Å². The average Bonchev–Trinajstić information content (AvgIpc) is 3.20. The minimum Gasteiger partial charge on any atom is -0.497 e. The van der Waals surface area contributed by atoms with Crippen molar-refractivity contribution in [1.82, 2.24) is 4.98 Å². The van der Waals surface area contributed by atoms with Crippen molar-refractivity contribution in [3.8, 4) is 22.8 Å². The number of hydrogen-bond acceptors (Lipinski definition) is 7. The van der Waals surface area contributed by atoms with Gasteiger partial charge in [-0.25, -0.2) is 9.78 Å². The van der Waals surface area contributed by atoms with Crippen LogP contribution < -0.4 is 14.8 Å². The first-order valence-electron chi connectivity index (χ1n) is 8.30. The summed E-state index contributed by atoms with van der Waals surface area (Å²) in [7, 11) is 3.15. The first kappa shape index (κ1) is 19.4. The molecule has 2 aromatic carbocycles. The molecule has 144 valence electrons. The molecule has 0 spiro atoms. The number of rotatable bonds is 7. The zero-order valence-electron chi connectivity index (χ0n) is 15.3. The van der Waals surface area contributed by atoms with Crippen LogP contribution in [0.25, 0.3) is 11.3 Å². The molecule has 1 N–H and O–H groups in total. The fourth-order valence-corrected chi connectivity index (χ4v) is 3.14. The Hall–Kier alpha value is -3.39. The number of amides is 1. The minimum absolute atomic E-state index is 0.386. The molecule has 28 heavy (non-hydrogen) atoms. The Bertz CT molecular complexity index is 972. The van der Waals surface area contributed by atoms with Gasteiger partial charge in [0, 0.05) is 10.9 Å². The molecule has 0 aliphatic heterocycles. The molecule has 1 aromatic heterocycles. The lowest BCUT2D eigenvalue weighted by atomic mass is 10.1.